The van der Waals surface area contributed by atoms with E-state index in [2.05, 4.69) is 11.6 Å². The molecule has 1 saturated heterocycles. The summed E-state index contributed by atoms with van der Waals surface area (Å²) in [5, 5.41) is 9.64. The monoisotopic (exact) mass is 508 g/mol. The van der Waals surface area contributed by atoms with E-state index in [1.54, 1.807) is 29.2 Å². The SMILES string of the molecule is C=CCN(C)CCN1C(=O)N2Cc3[nH]c4cc(F)c(OC)cc4c3C[C@@]2(C)C1=O.Cc1cccc(O)c1. The van der Waals surface area contributed by atoms with Crippen LogP contribution in [0.15, 0.2) is 49.1 Å². The Bertz CT molecular complexity index is 1340. The molecule has 1 aromatic heterocycles. The largest absolute Gasteiger partial charge is 0.508 e. The quantitative estimate of drug-likeness (QED) is 0.385. The van der Waals surface area contributed by atoms with Crippen LogP contribution < -0.4 is 4.74 Å². The Kier molecular flexibility index (Phi) is 7.27. The number of aromatic amines is 1. The fourth-order valence-electron chi connectivity index (χ4n) is 4.97. The lowest BCUT2D eigenvalue weighted by Crippen LogP contribution is -2.51. The van der Waals surface area contributed by atoms with Crippen LogP contribution in [-0.4, -0.2) is 76.1 Å². The zero-order chi connectivity index (χ0) is 26.9. The van der Waals surface area contributed by atoms with Crippen molar-refractivity contribution in [1.29, 1.82) is 0 Å². The number of phenols is 1. The number of methoxy groups -OCH3 is 1. The number of halogens is 1. The fraction of sp³-hybridized carbons (Fsp3) is 0.357. The molecule has 2 aliphatic rings. The average Bonchev–Trinajstić information content (AvgIpc) is 3.26. The summed E-state index contributed by atoms with van der Waals surface area (Å²) >= 11 is 0. The van der Waals surface area contributed by atoms with Crippen LogP contribution in [0.25, 0.3) is 10.9 Å². The number of fused-ring (bicyclic) bond motifs is 4. The molecular weight excluding hydrogens is 475 g/mol. The second-order valence-corrected chi connectivity index (χ2v) is 9.78. The van der Waals surface area contributed by atoms with Gasteiger partial charge in [-0.1, -0.05) is 18.2 Å². The number of benzene rings is 2. The van der Waals surface area contributed by atoms with E-state index in [0.717, 1.165) is 22.2 Å². The van der Waals surface area contributed by atoms with Gasteiger partial charge in [0.05, 0.1) is 13.7 Å². The molecule has 2 aliphatic heterocycles. The number of nitrogens with zero attached hydrogens (tertiary/aromatic N) is 3. The third kappa shape index (κ3) is 4.91. The number of phenolic OH excluding ortho intramolecular Hbond substituents is 1. The normalized spacial score (nSPS) is 18.5. The number of aryl methyl sites for hydroxylation is 1. The van der Waals surface area contributed by atoms with Crippen molar-refractivity contribution in [3.8, 4) is 11.5 Å². The molecule has 196 valence electrons. The standard InChI is InChI=1S/C21H25FN4O3.C7H8O/c1-5-6-24(3)7-8-25-19(27)21(2)11-14-13-9-18(29-4)15(22)10-16(13)23-17(14)12-26(21)20(25)28;1-6-3-2-4-7(8)5-6/h5,9-10,23H,1,6-8,11-12H2,2-4H3;2-5,8H,1H3/t21-;/m0./s1. The maximum Gasteiger partial charge on any atom is 0.328 e. The zero-order valence-electron chi connectivity index (χ0n) is 21.7. The first-order valence-electron chi connectivity index (χ1n) is 12.1. The van der Waals surface area contributed by atoms with E-state index in [1.165, 1.54) is 18.1 Å². The lowest BCUT2D eigenvalue weighted by Gasteiger charge is -2.35. The molecule has 0 unspecified atom stereocenters. The minimum atomic E-state index is -0.947. The molecule has 3 amide bonds. The number of carbonyl (C=O) groups is 2. The van der Waals surface area contributed by atoms with Crippen molar-refractivity contribution in [3.63, 3.8) is 0 Å². The number of urea groups is 1. The molecule has 0 saturated carbocycles. The van der Waals surface area contributed by atoms with Crippen molar-refractivity contribution in [2.24, 2.45) is 0 Å². The lowest BCUT2D eigenvalue weighted by atomic mass is 9.86. The van der Waals surface area contributed by atoms with Gasteiger partial charge in [-0.05, 0) is 50.2 Å². The van der Waals surface area contributed by atoms with E-state index in [0.29, 0.717) is 37.3 Å². The molecule has 0 spiro atoms. The molecule has 3 aromatic rings. The van der Waals surface area contributed by atoms with Crippen molar-refractivity contribution in [1.82, 2.24) is 19.7 Å². The summed E-state index contributed by atoms with van der Waals surface area (Å²) < 4.78 is 19.2. The number of carbonyl (C=O) groups excluding carboxylic acids is 2. The minimum Gasteiger partial charge on any atom is -0.508 e. The summed E-state index contributed by atoms with van der Waals surface area (Å²) in [5.41, 5.74) is 2.55. The summed E-state index contributed by atoms with van der Waals surface area (Å²) in [6.07, 6.45) is 2.16. The van der Waals surface area contributed by atoms with Crippen LogP contribution >= 0.6 is 0 Å². The Morgan fingerprint density at radius 3 is 2.68 bits per heavy atom. The van der Waals surface area contributed by atoms with Crippen molar-refractivity contribution in [2.75, 3.05) is 33.8 Å². The third-order valence-electron chi connectivity index (χ3n) is 7.02. The van der Waals surface area contributed by atoms with Gasteiger partial charge in [-0.15, -0.1) is 6.58 Å². The second kappa shape index (κ2) is 10.3. The third-order valence-corrected chi connectivity index (χ3v) is 7.02. The molecule has 0 aliphatic carbocycles. The Balaban J connectivity index is 0.000000342. The zero-order valence-corrected chi connectivity index (χ0v) is 21.7. The van der Waals surface area contributed by atoms with Crippen LogP contribution in [0.3, 0.4) is 0 Å². The number of hydrogen-bond donors (Lipinski definition) is 2. The number of likely N-dealkylation sites (N-methyl/N-ethyl adjacent to an activating group) is 1. The maximum absolute atomic E-state index is 14.1. The molecule has 2 N–H and O–H groups in total. The molecule has 0 radical (unpaired) electrons. The molecule has 8 nitrogen and oxygen atoms in total. The number of nitrogens with one attached hydrogen (secondary N) is 1. The summed E-state index contributed by atoms with van der Waals surface area (Å²) in [6.45, 7) is 9.35. The average molecular weight is 509 g/mol. The first-order chi connectivity index (χ1) is 17.6. The summed E-state index contributed by atoms with van der Waals surface area (Å²) in [5.74, 6) is -0.145. The summed E-state index contributed by atoms with van der Waals surface area (Å²) in [7, 11) is 3.35. The number of aromatic hydroxyl groups is 1. The molecule has 5 rings (SSSR count). The van der Waals surface area contributed by atoms with Gasteiger partial charge in [0, 0.05) is 48.7 Å². The number of amides is 3. The molecule has 1 fully saturated rings. The van der Waals surface area contributed by atoms with Crippen molar-refractivity contribution < 1.29 is 23.8 Å². The number of ether oxygens (including phenoxy) is 1. The van der Waals surface area contributed by atoms with Crippen molar-refractivity contribution in [3.05, 3.63) is 71.7 Å². The first-order valence-corrected chi connectivity index (χ1v) is 12.1. The summed E-state index contributed by atoms with van der Waals surface area (Å²) in [6, 6.07) is 9.92. The van der Waals surface area contributed by atoms with Gasteiger partial charge in [-0.2, -0.15) is 0 Å². The Labute approximate surface area is 215 Å². The minimum absolute atomic E-state index is 0.160. The predicted octanol–water partition coefficient (Wildman–Crippen LogP) is 4.21. The first kappa shape index (κ1) is 26.2. The maximum atomic E-state index is 14.1. The highest BCUT2D eigenvalue weighted by Crippen LogP contribution is 2.41. The number of aromatic nitrogens is 1. The molecule has 2 aromatic carbocycles. The van der Waals surface area contributed by atoms with Gasteiger partial charge in [0.15, 0.2) is 11.6 Å². The Morgan fingerprint density at radius 1 is 1.30 bits per heavy atom. The fourth-order valence-corrected chi connectivity index (χ4v) is 4.97. The van der Waals surface area contributed by atoms with E-state index in [1.807, 2.05) is 37.9 Å². The van der Waals surface area contributed by atoms with Crippen LogP contribution in [-0.2, 0) is 17.8 Å². The van der Waals surface area contributed by atoms with Gasteiger partial charge in [0.2, 0.25) is 0 Å². The number of H-pyrrole nitrogens is 1. The molecule has 3 heterocycles. The molecule has 9 heteroatoms. The lowest BCUT2D eigenvalue weighted by molar-refractivity contribution is -0.133. The van der Waals surface area contributed by atoms with E-state index in [9.17, 15) is 14.0 Å². The number of hydrogen-bond acceptors (Lipinski definition) is 5. The van der Waals surface area contributed by atoms with Crippen LogP contribution in [0, 0.1) is 12.7 Å². The number of imide groups is 1. The highest BCUT2D eigenvalue weighted by molar-refractivity contribution is 6.07. The number of rotatable bonds is 6. The predicted molar refractivity (Wildman–Crippen MR) is 140 cm³/mol. The van der Waals surface area contributed by atoms with Crippen LogP contribution in [0.2, 0.25) is 0 Å². The van der Waals surface area contributed by atoms with E-state index < -0.39 is 11.4 Å². The van der Waals surface area contributed by atoms with Crippen molar-refractivity contribution >= 4 is 22.8 Å². The molecular formula is C28H33FN4O4. The Hall–Kier alpha value is -3.85. The van der Waals surface area contributed by atoms with E-state index in [-0.39, 0.29) is 24.2 Å². The van der Waals surface area contributed by atoms with Crippen LogP contribution in [0.4, 0.5) is 9.18 Å². The summed E-state index contributed by atoms with van der Waals surface area (Å²) in [4.78, 5) is 34.4. The van der Waals surface area contributed by atoms with Gasteiger partial charge in [0.1, 0.15) is 11.3 Å². The van der Waals surface area contributed by atoms with Crippen LogP contribution in [0.1, 0.15) is 23.7 Å². The van der Waals surface area contributed by atoms with E-state index >= 15 is 0 Å². The highest BCUT2D eigenvalue weighted by Gasteiger charge is 2.56. The highest BCUT2D eigenvalue weighted by atomic mass is 19.1. The van der Waals surface area contributed by atoms with Gasteiger partial charge < -0.3 is 24.6 Å². The van der Waals surface area contributed by atoms with Crippen LogP contribution in [0.5, 0.6) is 11.5 Å². The van der Waals surface area contributed by atoms with Gasteiger partial charge in [-0.25, -0.2) is 9.18 Å². The van der Waals surface area contributed by atoms with E-state index in [4.69, 9.17) is 9.84 Å². The smallest absolute Gasteiger partial charge is 0.328 e. The molecule has 0 bridgehead atoms. The van der Waals surface area contributed by atoms with Gasteiger partial charge in [0.25, 0.3) is 5.91 Å². The second-order valence-electron chi connectivity index (χ2n) is 9.78. The Morgan fingerprint density at radius 2 is 2.05 bits per heavy atom. The topological polar surface area (TPSA) is 89.1 Å². The van der Waals surface area contributed by atoms with Gasteiger partial charge in [-0.3, -0.25) is 9.69 Å². The van der Waals surface area contributed by atoms with Crippen molar-refractivity contribution in [2.45, 2.75) is 32.4 Å². The molecule has 37 heavy (non-hydrogen) atoms. The van der Waals surface area contributed by atoms with Gasteiger partial charge >= 0.3 is 6.03 Å². The molecule has 1 atom stereocenters.